The molecule has 1 N–H and O–H groups in total. The molecule has 0 saturated heterocycles. The molecule has 0 saturated carbocycles. The average molecular weight is 336 g/mol. The van der Waals surface area contributed by atoms with E-state index in [1.54, 1.807) is 37.3 Å². The highest BCUT2D eigenvalue weighted by atomic mass is 19.4. The maximum absolute atomic E-state index is 13.1. The Hall–Kier alpha value is -2.76. The number of hydrogen-bond acceptors (Lipinski definition) is 2. The highest BCUT2D eigenvalue weighted by molar-refractivity contribution is 5.95. The van der Waals surface area contributed by atoms with Gasteiger partial charge in [-0.15, -0.1) is 0 Å². The molecular formula is C18H15F3O3. The zero-order valence-corrected chi connectivity index (χ0v) is 12.8. The van der Waals surface area contributed by atoms with E-state index < -0.39 is 23.8 Å². The first-order valence-electron chi connectivity index (χ1n) is 7.06. The summed E-state index contributed by atoms with van der Waals surface area (Å²) in [5, 5.41) is 9.00. The van der Waals surface area contributed by atoms with E-state index in [-0.39, 0.29) is 5.75 Å². The molecule has 126 valence electrons. The van der Waals surface area contributed by atoms with Crippen molar-refractivity contribution in [3.8, 4) is 5.75 Å². The molecule has 0 fully saturated rings. The van der Waals surface area contributed by atoms with Crippen LogP contribution in [0.3, 0.4) is 0 Å². The van der Waals surface area contributed by atoms with E-state index in [0.29, 0.717) is 11.1 Å². The van der Waals surface area contributed by atoms with Gasteiger partial charge in [-0.05, 0) is 30.2 Å². The molecule has 2 rings (SSSR count). The Balaban J connectivity index is 2.50. The quantitative estimate of drug-likeness (QED) is 0.816. The van der Waals surface area contributed by atoms with Gasteiger partial charge in [0.2, 0.25) is 6.10 Å². The Morgan fingerprint density at radius 1 is 1.38 bits per heavy atom. The monoisotopic (exact) mass is 336 g/mol. The van der Waals surface area contributed by atoms with E-state index in [2.05, 4.69) is 6.58 Å². The fourth-order valence-electron chi connectivity index (χ4n) is 2.32. The molecule has 1 aromatic carbocycles. The van der Waals surface area contributed by atoms with Crippen LogP contribution in [0.5, 0.6) is 5.75 Å². The van der Waals surface area contributed by atoms with E-state index in [9.17, 15) is 18.0 Å². The van der Waals surface area contributed by atoms with E-state index >= 15 is 0 Å². The Labute approximate surface area is 137 Å². The van der Waals surface area contributed by atoms with Crippen LogP contribution >= 0.6 is 0 Å². The lowest BCUT2D eigenvalue weighted by atomic mass is 9.97. The molecular weight excluding hydrogens is 321 g/mol. The SMILES string of the molecule is C=C/C=C\C(=C/C)c1ccc2c(c1)OC(C(F)(F)F)C(C(=O)O)=C2. The van der Waals surface area contributed by atoms with Crippen molar-refractivity contribution in [2.24, 2.45) is 0 Å². The first-order valence-corrected chi connectivity index (χ1v) is 7.06. The molecule has 1 aliphatic heterocycles. The third-order valence-electron chi connectivity index (χ3n) is 3.45. The number of aliphatic carboxylic acids is 1. The molecule has 1 aromatic rings. The lowest BCUT2D eigenvalue weighted by molar-refractivity contribution is -0.187. The van der Waals surface area contributed by atoms with Gasteiger partial charge in [0, 0.05) is 5.56 Å². The Morgan fingerprint density at radius 2 is 2.08 bits per heavy atom. The van der Waals surface area contributed by atoms with Crippen LogP contribution in [0.25, 0.3) is 11.6 Å². The molecule has 0 aromatic heterocycles. The lowest BCUT2D eigenvalue weighted by Crippen LogP contribution is -2.40. The molecule has 1 unspecified atom stereocenters. The Morgan fingerprint density at radius 3 is 2.62 bits per heavy atom. The molecule has 1 heterocycles. The zero-order chi connectivity index (χ0) is 17.9. The van der Waals surface area contributed by atoms with Crippen LogP contribution in [0.2, 0.25) is 0 Å². The molecule has 6 heteroatoms. The van der Waals surface area contributed by atoms with Crippen LogP contribution in [0.4, 0.5) is 13.2 Å². The van der Waals surface area contributed by atoms with Gasteiger partial charge >= 0.3 is 12.1 Å². The fraction of sp³-hybridized carbons (Fsp3) is 0.167. The second-order valence-corrected chi connectivity index (χ2v) is 5.04. The van der Waals surface area contributed by atoms with Gasteiger partial charge in [-0.25, -0.2) is 4.79 Å². The third kappa shape index (κ3) is 3.59. The van der Waals surface area contributed by atoms with Gasteiger partial charge in [-0.2, -0.15) is 13.2 Å². The summed E-state index contributed by atoms with van der Waals surface area (Å²) in [6.07, 6.45) is 0.538. The summed E-state index contributed by atoms with van der Waals surface area (Å²) in [5.41, 5.74) is 0.890. The van der Waals surface area contributed by atoms with Gasteiger partial charge in [0.1, 0.15) is 5.75 Å². The minimum absolute atomic E-state index is 0.00817. The molecule has 3 nitrogen and oxygen atoms in total. The predicted molar refractivity (Wildman–Crippen MR) is 85.5 cm³/mol. The number of carbonyl (C=O) groups is 1. The van der Waals surface area contributed by atoms with Crippen molar-refractivity contribution in [2.45, 2.75) is 19.2 Å². The maximum atomic E-state index is 13.1. The van der Waals surface area contributed by atoms with Crippen LogP contribution in [0, 0.1) is 0 Å². The van der Waals surface area contributed by atoms with Crippen molar-refractivity contribution in [1.29, 1.82) is 0 Å². The second-order valence-electron chi connectivity index (χ2n) is 5.04. The number of benzene rings is 1. The first-order chi connectivity index (χ1) is 11.3. The highest BCUT2D eigenvalue weighted by Crippen LogP contribution is 2.38. The van der Waals surface area contributed by atoms with E-state index in [1.165, 1.54) is 12.1 Å². The fourth-order valence-corrected chi connectivity index (χ4v) is 2.32. The molecule has 1 atom stereocenters. The van der Waals surface area contributed by atoms with Gasteiger partial charge in [-0.1, -0.05) is 43.0 Å². The van der Waals surface area contributed by atoms with E-state index in [1.807, 2.05) is 0 Å². The van der Waals surface area contributed by atoms with Crippen molar-refractivity contribution >= 4 is 17.6 Å². The minimum atomic E-state index is -4.82. The molecule has 0 bridgehead atoms. The molecule has 0 radical (unpaired) electrons. The van der Waals surface area contributed by atoms with Gasteiger partial charge in [0.25, 0.3) is 0 Å². The van der Waals surface area contributed by atoms with Crippen LogP contribution in [0.15, 0.2) is 54.7 Å². The second kappa shape index (κ2) is 6.78. The lowest BCUT2D eigenvalue weighted by Gasteiger charge is -2.27. The normalized spacial score (nSPS) is 17.9. The van der Waals surface area contributed by atoms with Gasteiger partial charge in [0.15, 0.2) is 0 Å². The number of carboxylic acid groups (broad SMARTS) is 1. The van der Waals surface area contributed by atoms with E-state index in [0.717, 1.165) is 11.6 Å². The number of allylic oxidation sites excluding steroid dienone is 5. The molecule has 0 amide bonds. The number of fused-ring (bicyclic) bond motifs is 1. The summed E-state index contributed by atoms with van der Waals surface area (Å²) < 4.78 is 44.2. The number of carboxylic acids is 1. The number of hydrogen-bond donors (Lipinski definition) is 1. The van der Waals surface area contributed by atoms with Crippen LogP contribution in [-0.4, -0.2) is 23.4 Å². The molecule has 24 heavy (non-hydrogen) atoms. The number of alkyl halides is 3. The van der Waals surface area contributed by atoms with Crippen LogP contribution in [-0.2, 0) is 4.79 Å². The highest BCUT2D eigenvalue weighted by Gasteiger charge is 2.48. The third-order valence-corrected chi connectivity index (χ3v) is 3.45. The Kier molecular flexibility index (Phi) is 4.97. The summed E-state index contributed by atoms with van der Waals surface area (Å²) in [6.45, 7) is 5.36. The van der Waals surface area contributed by atoms with Crippen LogP contribution < -0.4 is 4.74 Å². The van der Waals surface area contributed by atoms with Crippen molar-refractivity contribution in [3.05, 3.63) is 65.8 Å². The summed E-state index contributed by atoms with van der Waals surface area (Å²) in [6, 6.07) is 4.69. The van der Waals surface area contributed by atoms with Gasteiger partial charge in [0.05, 0.1) is 5.57 Å². The number of rotatable bonds is 4. The molecule has 0 spiro atoms. The smallest absolute Gasteiger partial charge is 0.430 e. The summed E-state index contributed by atoms with van der Waals surface area (Å²) in [7, 11) is 0. The van der Waals surface area contributed by atoms with Crippen molar-refractivity contribution in [2.75, 3.05) is 0 Å². The van der Waals surface area contributed by atoms with Gasteiger partial charge < -0.3 is 9.84 Å². The largest absolute Gasteiger partial charge is 0.478 e. The number of halogens is 3. The summed E-state index contributed by atoms with van der Waals surface area (Å²) in [5.74, 6) is -1.67. The maximum Gasteiger partial charge on any atom is 0.430 e. The van der Waals surface area contributed by atoms with E-state index in [4.69, 9.17) is 9.84 Å². The topological polar surface area (TPSA) is 46.5 Å². The Bertz CT molecular complexity index is 755. The van der Waals surface area contributed by atoms with Crippen molar-refractivity contribution in [1.82, 2.24) is 0 Å². The molecule has 0 aliphatic carbocycles. The standard InChI is InChI=1S/C18H15F3O3/c1-3-5-6-11(4-2)12-7-8-13-9-14(17(22)23)16(18(19,20)21)24-15(13)10-12/h3-10,16H,1H2,2H3,(H,22,23)/b6-5-,11-4+. The van der Waals surface area contributed by atoms with Crippen molar-refractivity contribution < 1.29 is 27.8 Å². The first kappa shape index (κ1) is 17.6. The predicted octanol–water partition coefficient (Wildman–Crippen LogP) is 4.62. The van der Waals surface area contributed by atoms with Crippen LogP contribution in [0.1, 0.15) is 18.1 Å². The van der Waals surface area contributed by atoms with Gasteiger partial charge in [-0.3, -0.25) is 0 Å². The minimum Gasteiger partial charge on any atom is -0.478 e. The average Bonchev–Trinajstić information content (AvgIpc) is 2.53. The molecule has 1 aliphatic rings. The zero-order valence-electron chi connectivity index (χ0n) is 12.8. The van der Waals surface area contributed by atoms with Crippen molar-refractivity contribution in [3.63, 3.8) is 0 Å². The number of ether oxygens (including phenoxy) is 1. The summed E-state index contributed by atoms with van der Waals surface area (Å²) >= 11 is 0. The summed E-state index contributed by atoms with van der Waals surface area (Å²) in [4.78, 5) is 11.1.